The van der Waals surface area contributed by atoms with Crippen LogP contribution in [0.2, 0.25) is 5.02 Å². The number of amides is 2. The third kappa shape index (κ3) is 2.44. The molecule has 1 aromatic carbocycles. The Kier molecular flexibility index (Phi) is 3.62. The van der Waals surface area contributed by atoms with Gasteiger partial charge in [0.2, 0.25) is 11.8 Å². The van der Waals surface area contributed by atoms with Crippen LogP contribution in [0.15, 0.2) is 24.3 Å². The topological polar surface area (TPSA) is 55.8 Å². The molecule has 1 aliphatic carbocycles. The van der Waals surface area contributed by atoms with Crippen molar-refractivity contribution < 1.29 is 19.1 Å². The summed E-state index contributed by atoms with van der Waals surface area (Å²) in [4.78, 5) is 26.5. The quantitative estimate of drug-likeness (QED) is 0.617. The zero-order valence-corrected chi connectivity index (χ0v) is 13.2. The number of halogens is 1. The molecular weight excluding hydrogens is 318 g/mol. The van der Waals surface area contributed by atoms with Gasteiger partial charge in [-0.2, -0.15) is 0 Å². The Morgan fingerprint density at radius 3 is 2.52 bits per heavy atom. The number of hydrogen-bond acceptors (Lipinski definition) is 4. The minimum absolute atomic E-state index is 0.0925. The molecule has 0 radical (unpaired) electrons. The molecule has 1 aromatic rings. The number of nitrogens with zero attached hydrogens (tertiary/aromatic N) is 1. The molecule has 2 amide bonds. The van der Waals surface area contributed by atoms with Gasteiger partial charge in [0, 0.05) is 16.1 Å². The second-order valence-corrected chi connectivity index (χ2v) is 6.52. The molecule has 2 atom stereocenters. The van der Waals surface area contributed by atoms with E-state index in [4.69, 9.17) is 21.1 Å². The van der Waals surface area contributed by atoms with E-state index in [-0.39, 0.29) is 37.0 Å². The van der Waals surface area contributed by atoms with Crippen LogP contribution in [0.1, 0.15) is 24.0 Å². The van der Waals surface area contributed by atoms with Crippen molar-refractivity contribution in [3.63, 3.8) is 0 Å². The van der Waals surface area contributed by atoms with Crippen LogP contribution < -0.4 is 4.74 Å². The van der Waals surface area contributed by atoms with Gasteiger partial charge in [-0.25, -0.2) is 0 Å². The smallest absolute Gasteiger partial charge is 0.233 e. The number of imide groups is 1. The minimum atomic E-state index is -0.216. The van der Waals surface area contributed by atoms with Crippen molar-refractivity contribution in [3.05, 3.63) is 40.4 Å². The summed E-state index contributed by atoms with van der Waals surface area (Å²) in [5.74, 6) is 0.0584. The largest absolute Gasteiger partial charge is 0.467 e. The van der Waals surface area contributed by atoms with Crippen LogP contribution in [0, 0.1) is 11.8 Å². The molecule has 120 valence electrons. The predicted molar refractivity (Wildman–Crippen MR) is 82.6 cm³/mol. The lowest BCUT2D eigenvalue weighted by molar-refractivity contribution is -0.140. The number of likely N-dealkylation sites (tertiary alicyclic amines) is 1. The first-order valence-electron chi connectivity index (χ1n) is 7.67. The minimum Gasteiger partial charge on any atom is -0.467 e. The highest BCUT2D eigenvalue weighted by Gasteiger charge is 2.47. The first-order valence-corrected chi connectivity index (χ1v) is 8.05. The number of carbonyl (C=O) groups excluding carboxylic acids is 2. The maximum Gasteiger partial charge on any atom is 0.233 e. The molecule has 5 nitrogen and oxygen atoms in total. The molecule has 2 aliphatic heterocycles. The Bertz CT molecular complexity index is 689. The SMILES string of the molecule is O=C1[C@@H]2CC=CC[C@H]2C(=O)N1Cc1cc(Cl)cc2c1OCOC2. The van der Waals surface area contributed by atoms with E-state index < -0.39 is 0 Å². The Morgan fingerprint density at radius 2 is 1.83 bits per heavy atom. The van der Waals surface area contributed by atoms with Crippen LogP contribution in [0.4, 0.5) is 0 Å². The van der Waals surface area contributed by atoms with Gasteiger partial charge in [0.05, 0.1) is 25.0 Å². The lowest BCUT2D eigenvalue weighted by atomic mass is 9.85. The number of fused-ring (bicyclic) bond motifs is 2. The van der Waals surface area contributed by atoms with E-state index in [0.717, 1.165) is 11.1 Å². The number of carbonyl (C=O) groups is 2. The number of benzene rings is 1. The zero-order chi connectivity index (χ0) is 16.0. The van der Waals surface area contributed by atoms with Crippen molar-refractivity contribution in [2.45, 2.75) is 26.0 Å². The van der Waals surface area contributed by atoms with E-state index >= 15 is 0 Å². The van der Waals surface area contributed by atoms with E-state index in [1.54, 1.807) is 12.1 Å². The summed E-state index contributed by atoms with van der Waals surface area (Å²) in [7, 11) is 0. The van der Waals surface area contributed by atoms with Gasteiger partial charge in [0.15, 0.2) is 6.79 Å². The summed E-state index contributed by atoms with van der Waals surface area (Å²) < 4.78 is 10.8. The van der Waals surface area contributed by atoms with Crippen LogP contribution in [0.5, 0.6) is 5.75 Å². The molecule has 0 N–H and O–H groups in total. The number of ether oxygens (including phenoxy) is 2. The highest BCUT2D eigenvalue weighted by atomic mass is 35.5. The van der Waals surface area contributed by atoms with Crippen LogP contribution >= 0.6 is 11.6 Å². The fourth-order valence-electron chi connectivity index (χ4n) is 3.57. The maximum absolute atomic E-state index is 12.6. The fraction of sp³-hybridized carbons (Fsp3) is 0.412. The Balaban J connectivity index is 1.65. The van der Waals surface area contributed by atoms with Gasteiger partial charge in [-0.05, 0) is 25.0 Å². The van der Waals surface area contributed by atoms with Crippen LogP contribution in [0.25, 0.3) is 0 Å². The molecule has 0 spiro atoms. The van der Waals surface area contributed by atoms with Gasteiger partial charge in [-0.1, -0.05) is 23.8 Å². The lowest BCUT2D eigenvalue weighted by Gasteiger charge is -2.23. The summed E-state index contributed by atoms with van der Waals surface area (Å²) >= 11 is 6.15. The van der Waals surface area contributed by atoms with Crippen molar-refractivity contribution in [1.82, 2.24) is 4.90 Å². The Labute approximate surface area is 138 Å². The molecule has 23 heavy (non-hydrogen) atoms. The van der Waals surface area contributed by atoms with Gasteiger partial charge in [0.1, 0.15) is 5.75 Å². The number of hydrogen-bond donors (Lipinski definition) is 0. The number of rotatable bonds is 2. The van der Waals surface area contributed by atoms with Crippen molar-refractivity contribution >= 4 is 23.4 Å². The van der Waals surface area contributed by atoms with Gasteiger partial charge in [-0.15, -0.1) is 0 Å². The van der Waals surface area contributed by atoms with Crippen LogP contribution in [0.3, 0.4) is 0 Å². The molecule has 0 unspecified atom stereocenters. The van der Waals surface area contributed by atoms with Gasteiger partial charge in [0.25, 0.3) is 0 Å². The molecule has 3 aliphatic rings. The standard InChI is InChI=1S/C17H16ClNO4/c18-12-5-10(15-11(6-12)8-22-9-23-15)7-19-16(20)13-3-1-2-4-14(13)17(19)21/h1-2,5-6,13-14H,3-4,7-9H2/t13-,14-/m1/s1. The summed E-state index contributed by atoms with van der Waals surface area (Å²) in [5, 5.41) is 0.547. The monoisotopic (exact) mass is 333 g/mol. The Hall–Kier alpha value is -1.85. The lowest BCUT2D eigenvalue weighted by Crippen LogP contribution is -2.31. The maximum atomic E-state index is 12.6. The molecule has 0 bridgehead atoms. The van der Waals surface area contributed by atoms with Crippen LogP contribution in [-0.4, -0.2) is 23.5 Å². The van der Waals surface area contributed by atoms with E-state index in [1.165, 1.54) is 4.90 Å². The van der Waals surface area contributed by atoms with E-state index in [0.29, 0.717) is 30.2 Å². The fourth-order valence-corrected chi connectivity index (χ4v) is 3.83. The summed E-state index contributed by atoms with van der Waals surface area (Å²) in [6, 6.07) is 3.55. The zero-order valence-electron chi connectivity index (χ0n) is 12.5. The van der Waals surface area contributed by atoms with Crippen molar-refractivity contribution in [1.29, 1.82) is 0 Å². The average Bonchev–Trinajstić information content (AvgIpc) is 2.80. The first-order chi connectivity index (χ1) is 11.1. The second-order valence-electron chi connectivity index (χ2n) is 6.08. The second kappa shape index (κ2) is 5.65. The van der Waals surface area contributed by atoms with Gasteiger partial charge >= 0.3 is 0 Å². The molecule has 1 saturated heterocycles. The third-order valence-corrected chi connectivity index (χ3v) is 4.90. The summed E-state index contributed by atoms with van der Waals surface area (Å²) in [5.41, 5.74) is 1.60. The summed E-state index contributed by atoms with van der Waals surface area (Å²) in [6.07, 6.45) is 5.25. The molecule has 0 aromatic heterocycles. The van der Waals surface area contributed by atoms with Crippen molar-refractivity contribution in [2.24, 2.45) is 11.8 Å². The highest BCUT2D eigenvalue weighted by Crippen LogP contribution is 2.38. The summed E-state index contributed by atoms with van der Waals surface area (Å²) in [6.45, 7) is 0.784. The highest BCUT2D eigenvalue weighted by molar-refractivity contribution is 6.30. The number of allylic oxidation sites excluding steroid dienone is 2. The predicted octanol–water partition coefficient (Wildman–Crippen LogP) is 2.66. The van der Waals surface area contributed by atoms with E-state index in [9.17, 15) is 9.59 Å². The first kappa shape index (κ1) is 14.7. The molecule has 2 heterocycles. The normalized spacial score (nSPS) is 26.0. The Morgan fingerprint density at radius 1 is 1.13 bits per heavy atom. The third-order valence-electron chi connectivity index (χ3n) is 4.68. The van der Waals surface area contributed by atoms with E-state index in [2.05, 4.69) is 0 Å². The van der Waals surface area contributed by atoms with Crippen LogP contribution in [-0.2, 0) is 27.5 Å². The average molecular weight is 334 g/mol. The molecular formula is C17H16ClNO4. The van der Waals surface area contributed by atoms with Gasteiger partial charge in [-0.3, -0.25) is 14.5 Å². The van der Waals surface area contributed by atoms with Crippen molar-refractivity contribution in [3.8, 4) is 5.75 Å². The van der Waals surface area contributed by atoms with Gasteiger partial charge < -0.3 is 9.47 Å². The van der Waals surface area contributed by atoms with Crippen molar-refractivity contribution in [2.75, 3.05) is 6.79 Å². The molecule has 6 heteroatoms. The molecule has 4 rings (SSSR count). The molecule has 0 saturated carbocycles. The van der Waals surface area contributed by atoms with E-state index in [1.807, 2.05) is 12.2 Å². The molecule has 1 fully saturated rings.